The lowest BCUT2D eigenvalue weighted by Crippen LogP contribution is -2.40. The van der Waals surface area contributed by atoms with E-state index in [2.05, 4.69) is 0 Å². The second kappa shape index (κ2) is 7.88. The van der Waals surface area contributed by atoms with Crippen LogP contribution in [0.3, 0.4) is 0 Å². The first kappa shape index (κ1) is 21.5. The van der Waals surface area contributed by atoms with E-state index in [1.54, 1.807) is 0 Å². The van der Waals surface area contributed by atoms with Crippen molar-refractivity contribution in [3.63, 3.8) is 0 Å². The Kier molecular flexibility index (Phi) is 5.46. The Morgan fingerprint density at radius 3 is 2.29 bits per heavy atom. The van der Waals surface area contributed by atoms with Crippen molar-refractivity contribution in [3.05, 3.63) is 87.9 Å². The molecule has 31 heavy (non-hydrogen) atoms. The standard InChI is InChI=1S/C22H15F3N4O2/c1-12-17(11-27)18(14-7-5-13(10-26)6-8-14)19(21(30)31)20(28)29(12)16-4-2-3-15(9-16)22(23,24)25/h2-9,18H,28H2,1H3,(H,30,31)/p-1. The van der Waals surface area contributed by atoms with Gasteiger partial charge in [0.1, 0.15) is 5.82 Å². The average Bonchev–Trinajstić information content (AvgIpc) is 2.73. The van der Waals surface area contributed by atoms with Crippen molar-refractivity contribution in [3.8, 4) is 12.1 Å². The molecule has 2 aromatic rings. The summed E-state index contributed by atoms with van der Waals surface area (Å²) in [6.07, 6.45) is -4.62. The minimum Gasteiger partial charge on any atom is -0.545 e. The predicted octanol–water partition coefficient (Wildman–Crippen LogP) is 2.90. The fraction of sp³-hybridized carbons (Fsp3) is 0.136. The number of anilines is 1. The number of halogens is 3. The number of alkyl halides is 3. The number of carbonyl (C=O) groups is 1. The first-order valence-electron chi connectivity index (χ1n) is 8.89. The third-order valence-corrected chi connectivity index (χ3v) is 4.96. The van der Waals surface area contributed by atoms with Crippen molar-refractivity contribution in [1.82, 2.24) is 0 Å². The highest BCUT2D eigenvalue weighted by atomic mass is 19.4. The Bertz CT molecular complexity index is 1200. The van der Waals surface area contributed by atoms with Gasteiger partial charge in [0.15, 0.2) is 0 Å². The van der Waals surface area contributed by atoms with Crippen molar-refractivity contribution in [2.24, 2.45) is 5.73 Å². The largest absolute Gasteiger partial charge is 0.545 e. The van der Waals surface area contributed by atoms with Gasteiger partial charge in [0.05, 0.1) is 40.7 Å². The molecule has 1 aliphatic heterocycles. The van der Waals surface area contributed by atoms with Crippen LogP contribution in [-0.4, -0.2) is 5.97 Å². The molecule has 0 aliphatic carbocycles. The van der Waals surface area contributed by atoms with Crippen LogP contribution in [0.4, 0.5) is 18.9 Å². The van der Waals surface area contributed by atoms with Gasteiger partial charge in [-0.1, -0.05) is 18.2 Å². The van der Waals surface area contributed by atoms with Crippen LogP contribution in [0.2, 0.25) is 0 Å². The van der Waals surface area contributed by atoms with Gasteiger partial charge in [-0.15, -0.1) is 0 Å². The third-order valence-electron chi connectivity index (χ3n) is 4.96. The van der Waals surface area contributed by atoms with Crippen LogP contribution >= 0.6 is 0 Å². The second-order valence-electron chi connectivity index (χ2n) is 6.75. The summed E-state index contributed by atoms with van der Waals surface area (Å²) in [4.78, 5) is 13.1. The topological polar surface area (TPSA) is 117 Å². The molecule has 1 unspecified atom stereocenters. The van der Waals surface area contributed by atoms with E-state index in [9.17, 15) is 28.3 Å². The molecule has 0 fully saturated rings. The van der Waals surface area contributed by atoms with E-state index in [0.717, 1.165) is 23.1 Å². The number of rotatable bonds is 3. The molecule has 0 spiro atoms. The van der Waals surface area contributed by atoms with Gasteiger partial charge in [0.2, 0.25) is 0 Å². The van der Waals surface area contributed by atoms with Crippen molar-refractivity contribution < 1.29 is 23.1 Å². The van der Waals surface area contributed by atoms with E-state index in [1.165, 1.54) is 37.3 Å². The molecule has 0 bridgehead atoms. The summed E-state index contributed by atoms with van der Waals surface area (Å²) in [6, 6.07) is 14.0. The first-order chi connectivity index (χ1) is 14.6. The minimum absolute atomic E-state index is 0.0180. The van der Waals surface area contributed by atoms with Crippen molar-refractivity contribution in [2.45, 2.75) is 19.0 Å². The van der Waals surface area contributed by atoms with Gasteiger partial charge in [-0.25, -0.2) is 0 Å². The summed E-state index contributed by atoms with van der Waals surface area (Å²) < 4.78 is 39.5. The SMILES string of the molecule is CC1=C(C#N)C(c2ccc(C#N)cc2)C(C(=O)[O-])=C(N)N1c1cccc(C(F)(F)F)c1. The van der Waals surface area contributed by atoms with Crippen LogP contribution in [0, 0.1) is 22.7 Å². The highest BCUT2D eigenvalue weighted by molar-refractivity contribution is 5.91. The highest BCUT2D eigenvalue weighted by Crippen LogP contribution is 2.42. The molecular formula is C22H14F3N4O2-. The van der Waals surface area contributed by atoms with Crippen LogP contribution < -0.4 is 15.7 Å². The Labute approximate surface area is 175 Å². The lowest BCUT2D eigenvalue weighted by atomic mass is 9.81. The summed E-state index contributed by atoms with van der Waals surface area (Å²) in [7, 11) is 0. The number of allylic oxidation sites excluding steroid dienone is 2. The molecule has 0 saturated carbocycles. The molecule has 0 amide bonds. The number of aliphatic carboxylic acids is 1. The van der Waals surface area contributed by atoms with Gasteiger partial charge in [0.25, 0.3) is 0 Å². The van der Waals surface area contributed by atoms with Gasteiger partial charge in [-0.3, -0.25) is 4.90 Å². The van der Waals surface area contributed by atoms with E-state index in [1.807, 2.05) is 12.1 Å². The zero-order valence-corrected chi connectivity index (χ0v) is 16.1. The molecule has 0 radical (unpaired) electrons. The Hall–Kier alpha value is -4.24. The number of benzene rings is 2. The maximum absolute atomic E-state index is 13.2. The van der Waals surface area contributed by atoms with Crippen LogP contribution in [-0.2, 0) is 11.0 Å². The number of hydrogen-bond acceptors (Lipinski definition) is 6. The first-order valence-corrected chi connectivity index (χ1v) is 8.89. The fourth-order valence-electron chi connectivity index (χ4n) is 3.53. The summed E-state index contributed by atoms with van der Waals surface area (Å²) in [5.74, 6) is -3.13. The molecule has 3 rings (SSSR count). The zero-order chi connectivity index (χ0) is 22.9. The van der Waals surface area contributed by atoms with Gasteiger partial charge >= 0.3 is 6.18 Å². The lowest BCUT2D eigenvalue weighted by Gasteiger charge is -2.37. The minimum atomic E-state index is -4.62. The number of nitriles is 2. The van der Waals surface area contributed by atoms with E-state index >= 15 is 0 Å². The highest BCUT2D eigenvalue weighted by Gasteiger charge is 2.36. The molecule has 1 atom stereocenters. The van der Waals surface area contributed by atoms with Crippen LogP contribution in [0.5, 0.6) is 0 Å². The van der Waals surface area contributed by atoms with Gasteiger partial charge in [-0.2, -0.15) is 23.7 Å². The number of nitrogens with two attached hydrogens (primary N) is 1. The van der Waals surface area contributed by atoms with E-state index in [0.29, 0.717) is 11.1 Å². The number of carboxylic acids is 1. The number of carbonyl (C=O) groups excluding carboxylic acids is 1. The predicted molar refractivity (Wildman–Crippen MR) is 102 cm³/mol. The molecule has 6 nitrogen and oxygen atoms in total. The molecule has 0 saturated heterocycles. The normalized spacial score (nSPS) is 16.7. The van der Waals surface area contributed by atoms with Crippen molar-refractivity contribution in [1.29, 1.82) is 10.5 Å². The van der Waals surface area contributed by atoms with Gasteiger partial charge in [-0.05, 0) is 42.8 Å². The number of carboxylic acid groups (broad SMARTS) is 1. The Balaban J connectivity index is 2.24. The smallest absolute Gasteiger partial charge is 0.416 e. The van der Waals surface area contributed by atoms with E-state index < -0.39 is 29.2 Å². The number of hydrogen-bond donors (Lipinski definition) is 1. The Morgan fingerprint density at radius 1 is 1.13 bits per heavy atom. The summed E-state index contributed by atoms with van der Waals surface area (Å²) in [5, 5.41) is 30.8. The van der Waals surface area contributed by atoms with Crippen LogP contribution in [0.25, 0.3) is 0 Å². The van der Waals surface area contributed by atoms with Crippen LogP contribution in [0.1, 0.15) is 29.5 Å². The molecule has 156 valence electrons. The van der Waals surface area contributed by atoms with Crippen LogP contribution in [0.15, 0.2) is 71.2 Å². The molecule has 2 aromatic carbocycles. The molecule has 1 aliphatic rings. The maximum atomic E-state index is 13.2. The number of nitrogens with zero attached hydrogens (tertiary/aromatic N) is 3. The quantitative estimate of drug-likeness (QED) is 0.811. The van der Waals surface area contributed by atoms with Gasteiger partial charge < -0.3 is 15.6 Å². The summed E-state index contributed by atoms with van der Waals surface area (Å²) in [5.41, 5.74) is 5.53. The third kappa shape index (κ3) is 3.81. The molecule has 9 heteroatoms. The van der Waals surface area contributed by atoms with E-state index in [4.69, 9.17) is 11.0 Å². The maximum Gasteiger partial charge on any atom is 0.416 e. The molecule has 0 aromatic heterocycles. The average molecular weight is 423 g/mol. The fourth-order valence-corrected chi connectivity index (χ4v) is 3.53. The lowest BCUT2D eigenvalue weighted by molar-refractivity contribution is -0.299. The van der Waals surface area contributed by atoms with Gasteiger partial charge in [0, 0.05) is 17.0 Å². The monoisotopic (exact) mass is 423 g/mol. The second-order valence-corrected chi connectivity index (χ2v) is 6.75. The summed E-state index contributed by atoms with van der Waals surface area (Å²) in [6.45, 7) is 1.47. The van der Waals surface area contributed by atoms with Crippen molar-refractivity contribution in [2.75, 3.05) is 4.90 Å². The summed E-state index contributed by atoms with van der Waals surface area (Å²) >= 11 is 0. The zero-order valence-electron chi connectivity index (χ0n) is 16.1. The van der Waals surface area contributed by atoms with E-state index in [-0.39, 0.29) is 22.8 Å². The molecular weight excluding hydrogens is 409 g/mol. The Morgan fingerprint density at radius 2 is 1.77 bits per heavy atom. The molecule has 1 heterocycles. The molecule has 2 N–H and O–H groups in total. The van der Waals surface area contributed by atoms with Crippen molar-refractivity contribution >= 4 is 11.7 Å².